The van der Waals surface area contributed by atoms with E-state index >= 15 is 0 Å². The average molecular weight is 230 g/mol. The topological polar surface area (TPSA) is 44.7 Å². The Morgan fingerprint density at radius 1 is 1.44 bits per heavy atom. The Morgan fingerprint density at radius 3 is 2.62 bits per heavy atom. The van der Waals surface area contributed by atoms with Gasteiger partial charge in [0.2, 0.25) is 0 Å². The van der Waals surface area contributed by atoms with Gasteiger partial charge in [-0.3, -0.25) is 4.90 Å². The molecule has 1 aliphatic rings. The van der Waals surface area contributed by atoms with Crippen LogP contribution in [0.1, 0.15) is 27.7 Å². The third kappa shape index (κ3) is 4.78. The molecule has 0 aliphatic carbocycles. The van der Waals surface area contributed by atoms with Crippen molar-refractivity contribution >= 4 is 0 Å². The zero-order valence-electron chi connectivity index (χ0n) is 11.0. The van der Waals surface area contributed by atoms with Crippen molar-refractivity contribution in [1.82, 2.24) is 10.2 Å². The van der Waals surface area contributed by atoms with Gasteiger partial charge in [0.15, 0.2) is 0 Å². The van der Waals surface area contributed by atoms with Crippen molar-refractivity contribution in [3.05, 3.63) is 0 Å². The van der Waals surface area contributed by atoms with Crippen LogP contribution in [0, 0.1) is 0 Å². The Bertz CT molecular complexity index is 207. The van der Waals surface area contributed by atoms with Crippen LogP contribution in [0.3, 0.4) is 0 Å². The molecule has 0 amide bonds. The van der Waals surface area contributed by atoms with E-state index in [1.165, 1.54) is 0 Å². The number of aliphatic hydroxyl groups excluding tert-OH is 1. The summed E-state index contributed by atoms with van der Waals surface area (Å²) in [5.41, 5.74) is -0.0594. The number of ether oxygens (including phenoxy) is 1. The molecule has 4 heteroatoms. The summed E-state index contributed by atoms with van der Waals surface area (Å²) in [6.07, 6.45) is 0. The lowest BCUT2D eigenvalue weighted by molar-refractivity contribution is -0.0886. The molecule has 1 fully saturated rings. The van der Waals surface area contributed by atoms with Crippen LogP contribution in [-0.2, 0) is 4.74 Å². The van der Waals surface area contributed by atoms with Crippen LogP contribution >= 0.6 is 0 Å². The molecule has 96 valence electrons. The molecule has 1 atom stereocenters. The fourth-order valence-corrected chi connectivity index (χ4v) is 2.22. The molecular weight excluding hydrogens is 204 g/mol. The Balaban J connectivity index is 2.39. The van der Waals surface area contributed by atoms with Gasteiger partial charge in [0.05, 0.1) is 18.8 Å². The zero-order chi connectivity index (χ0) is 12.2. The molecule has 0 aromatic carbocycles. The highest BCUT2D eigenvalue weighted by Gasteiger charge is 2.28. The fraction of sp³-hybridized carbons (Fsp3) is 1.00. The monoisotopic (exact) mass is 230 g/mol. The van der Waals surface area contributed by atoms with Gasteiger partial charge in [-0.2, -0.15) is 0 Å². The molecule has 4 nitrogen and oxygen atoms in total. The minimum absolute atomic E-state index is 0.0594. The van der Waals surface area contributed by atoms with Crippen molar-refractivity contribution in [3.63, 3.8) is 0 Å². The standard InChI is InChI=1S/C12H26N2O2/c1-10(2)13-11(8-15)7-14-5-6-16-12(3,4)9-14/h10-11,13,15H,5-9H2,1-4H3. The van der Waals surface area contributed by atoms with Gasteiger partial charge < -0.3 is 15.2 Å². The van der Waals surface area contributed by atoms with Gasteiger partial charge in [-0.15, -0.1) is 0 Å². The summed E-state index contributed by atoms with van der Waals surface area (Å²) in [5, 5.41) is 12.7. The first-order valence-corrected chi connectivity index (χ1v) is 6.16. The van der Waals surface area contributed by atoms with E-state index in [0.717, 1.165) is 26.2 Å². The molecule has 1 rings (SSSR count). The van der Waals surface area contributed by atoms with E-state index in [1.54, 1.807) is 0 Å². The van der Waals surface area contributed by atoms with E-state index in [4.69, 9.17) is 4.74 Å². The maximum atomic E-state index is 9.32. The molecular formula is C12H26N2O2. The minimum Gasteiger partial charge on any atom is -0.395 e. The van der Waals surface area contributed by atoms with Crippen LogP contribution in [0.4, 0.5) is 0 Å². The molecule has 2 N–H and O–H groups in total. The molecule has 16 heavy (non-hydrogen) atoms. The first kappa shape index (κ1) is 13.9. The lowest BCUT2D eigenvalue weighted by Crippen LogP contribution is -2.53. The van der Waals surface area contributed by atoms with Gasteiger partial charge in [-0.05, 0) is 13.8 Å². The smallest absolute Gasteiger partial charge is 0.0753 e. The second kappa shape index (κ2) is 5.96. The maximum absolute atomic E-state index is 9.32. The molecule has 0 radical (unpaired) electrons. The molecule has 0 aromatic heterocycles. The van der Waals surface area contributed by atoms with Gasteiger partial charge in [-0.1, -0.05) is 13.8 Å². The second-order valence-corrected chi connectivity index (χ2v) is 5.54. The largest absolute Gasteiger partial charge is 0.395 e. The van der Waals surface area contributed by atoms with E-state index < -0.39 is 0 Å². The molecule has 1 unspecified atom stereocenters. The molecule has 0 spiro atoms. The molecule has 1 heterocycles. The Labute approximate surface area is 99.0 Å². The first-order chi connectivity index (χ1) is 7.43. The Kier molecular flexibility index (Phi) is 5.18. The van der Waals surface area contributed by atoms with Crippen LogP contribution in [0.25, 0.3) is 0 Å². The number of rotatable bonds is 5. The highest BCUT2D eigenvalue weighted by Crippen LogP contribution is 2.16. The summed E-state index contributed by atoms with van der Waals surface area (Å²) >= 11 is 0. The third-order valence-electron chi connectivity index (χ3n) is 2.77. The normalized spacial score (nSPS) is 23.6. The number of nitrogens with zero attached hydrogens (tertiary/aromatic N) is 1. The predicted molar refractivity (Wildman–Crippen MR) is 65.6 cm³/mol. The summed E-state index contributed by atoms with van der Waals surface area (Å²) < 4.78 is 5.67. The summed E-state index contributed by atoms with van der Waals surface area (Å²) in [5.74, 6) is 0. The fourth-order valence-electron chi connectivity index (χ4n) is 2.22. The van der Waals surface area contributed by atoms with Gasteiger partial charge in [0.1, 0.15) is 0 Å². The van der Waals surface area contributed by atoms with Crippen molar-refractivity contribution in [2.45, 2.75) is 45.4 Å². The van der Waals surface area contributed by atoms with Crippen molar-refractivity contribution in [3.8, 4) is 0 Å². The highest BCUT2D eigenvalue weighted by atomic mass is 16.5. The van der Waals surface area contributed by atoms with E-state index in [9.17, 15) is 5.11 Å². The molecule has 0 aromatic rings. The van der Waals surface area contributed by atoms with Gasteiger partial charge in [-0.25, -0.2) is 0 Å². The van der Waals surface area contributed by atoms with E-state index in [-0.39, 0.29) is 18.2 Å². The quantitative estimate of drug-likeness (QED) is 0.720. The van der Waals surface area contributed by atoms with Crippen LogP contribution in [0.2, 0.25) is 0 Å². The lowest BCUT2D eigenvalue weighted by Gasteiger charge is -2.39. The van der Waals surface area contributed by atoms with Crippen molar-refractivity contribution in [1.29, 1.82) is 0 Å². The number of aliphatic hydroxyl groups is 1. The second-order valence-electron chi connectivity index (χ2n) is 5.54. The Hall–Kier alpha value is -0.160. The van der Waals surface area contributed by atoms with Crippen LogP contribution in [0.5, 0.6) is 0 Å². The van der Waals surface area contributed by atoms with Crippen LogP contribution in [0.15, 0.2) is 0 Å². The summed E-state index contributed by atoms with van der Waals surface area (Å²) in [7, 11) is 0. The van der Waals surface area contributed by atoms with E-state index in [2.05, 4.69) is 37.9 Å². The predicted octanol–water partition coefficient (Wildman–Crippen LogP) is 0.456. The summed E-state index contributed by atoms with van der Waals surface area (Å²) in [6.45, 7) is 12.2. The van der Waals surface area contributed by atoms with Crippen LogP contribution < -0.4 is 5.32 Å². The first-order valence-electron chi connectivity index (χ1n) is 6.16. The van der Waals surface area contributed by atoms with Crippen molar-refractivity contribution in [2.24, 2.45) is 0 Å². The Morgan fingerprint density at radius 2 is 2.12 bits per heavy atom. The number of nitrogens with one attached hydrogen (secondary N) is 1. The number of morpholine rings is 1. The number of hydrogen-bond donors (Lipinski definition) is 2. The highest BCUT2D eigenvalue weighted by molar-refractivity contribution is 4.82. The SMILES string of the molecule is CC(C)NC(CO)CN1CCOC(C)(C)C1. The van der Waals surface area contributed by atoms with Gasteiger partial charge >= 0.3 is 0 Å². The number of hydrogen-bond acceptors (Lipinski definition) is 4. The molecule has 0 bridgehead atoms. The van der Waals surface area contributed by atoms with E-state index in [1.807, 2.05) is 0 Å². The molecule has 1 saturated heterocycles. The summed E-state index contributed by atoms with van der Waals surface area (Å²) in [6, 6.07) is 0.570. The average Bonchev–Trinajstić information content (AvgIpc) is 2.14. The van der Waals surface area contributed by atoms with E-state index in [0.29, 0.717) is 6.04 Å². The minimum atomic E-state index is -0.0594. The van der Waals surface area contributed by atoms with Crippen LogP contribution in [-0.4, -0.2) is 60.5 Å². The zero-order valence-corrected chi connectivity index (χ0v) is 11.0. The molecule has 0 saturated carbocycles. The molecule has 1 aliphatic heterocycles. The van der Waals surface area contributed by atoms with Gasteiger partial charge in [0, 0.05) is 31.7 Å². The lowest BCUT2D eigenvalue weighted by atomic mass is 10.1. The van der Waals surface area contributed by atoms with Crippen molar-refractivity contribution in [2.75, 3.05) is 32.8 Å². The third-order valence-corrected chi connectivity index (χ3v) is 2.77. The summed E-state index contributed by atoms with van der Waals surface area (Å²) in [4.78, 5) is 2.36. The van der Waals surface area contributed by atoms with Gasteiger partial charge in [0.25, 0.3) is 0 Å². The maximum Gasteiger partial charge on any atom is 0.0753 e. The van der Waals surface area contributed by atoms with Crippen molar-refractivity contribution < 1.29 is 9.84 Å².